The summed E-state index contributed by atoms with van der Waals surface area (Å²) in [7, 11) is 0. The molecule has 1 heterocycles. The molecule has 84 valence electrons. The van der Waals surface area contributed by atoms with Gasteiger partial charge in [0.05, 0.1) is 5.52 Å². The van der Waals surface area contributed by atoms with E-state index in [-0.39, 0.29) is 6.04 Å². The summed E-state index contributed by atoms with van der Waals surface area (Å²) in [6.07, 6.45) is 0. The summed E-state index contributed by atoms with van der Waals surface area (Å²) >= 11 is 0. The highest BCUT2D eigenvalue weighted by atomic mass is 16.1. The van der Waals surface area contributed by atoms with Crippen molar-refractivity contribution in [3.63, 3.8) is 0 Å². The molecule has 2 N–H and O–H groups in total. The van der Waals surface area contributed by atoms with Gasteiger partial charge in [-0.1, -0.05) is 11.6 Å². The SMILES string of the molecule is Cc1ccc2c(c1)c(C(N)=O)nn2C(C)C. The molecule has 0 bridgehead atoms. The Kier molecular flexibility index (Phi) is 2.42. The summed E-state index contributed by atoms with van der Waals surface area (Å²) in [6.45, 7) is 6.03. The third kappa shape index (κ3) is 1.56. The Hall–Kier alpha value is -1.84. The first kappa shape index (κ1) is 10.7. The van der Waals surface area contributed by atoms with Crippen molar-refractivity contribution < 1.29 is 4.79 Å². The van der Waals surface area contributed by atoms with Gasteiger partial charge in [0.2, 0.25) is 0 Å². The number of fused-ring (bicyclic) bond motifs is 1. The van der Waals surface area contributed by atoms with Gasteiger partial charge >= 0.3 is 0 Å². The maximum absolute atomic E-state index is 11.3. The number of rotatable bonds is 2. The van der Waals surface area contributed by atoms with E-state index in [4.69, 9.17) is 5.73 Å². The number of hydrogen-bond donors (Lipinski definition) is 1. The smallest absolute Gasteiger partial charge is 0.269 e. The predicted octanol–water partition coefficient (Wildman–Crippen LogP) is 2.02. The van der Waals surface area contributed by atoms with Crippen molar-refractivity contribution in [2.45, 2.75) is 26.8 Å². The fourth-order valence-corrected chi connectivity index (χ4v) is 1.83. The monoisotopic (exact) mass is 217 g/mol. The number of aryl methyl sites for hydroxylation is 1. The molecule has 4 heteroatoms. The van der Waals surface area contributed by atoms with Crippen molar-refractivity contribution in [3.8, 4) is 0 Å². The Morgan fingerprint density at radius 3 is 2.69 bits per heavy atom. The van der Waals surface area contributed by atoms with E-state index in [0.29, 0.717) is 5.69 Å². The molecule has 1 amide bonds. The molecule has 2 rings (SSSR count). The lowest BCUT2D eigenvalue weighted by molar-refractivity contribution is 0.0996. The summed E-state index contributed by atoms with van der Waals surface area (Å²) in [5, 5.41) is 5.11. The molecule has 0 saturated carbocycles. The second-order valence-corrected chi connectivity index (χ2v) is 4.27. The van der Waals surface area contributed by atoms with E-state index in [1.807, 2.05) is 43.7 Å². The van der Waals surface area contributed by atoms with Crippen molar-refractivity contribution in [2.24, 2.45) is 5.73 Å². The van der Waals surface area contributed by atoms with Gasteiger partial charge in [-0.15, -0.1) is 0 Å². The van der Waals surface area contributed by atoms with Crippen LogP contribution >= 0.6 is 0 Å². The van der Waals surface area contributed by atoms with E-state index in [9.17, 15) is 4.79 Å². The minimum atomic E-state index is -0.477. The van der Waals surface area contributed by atoms with E-state index in [1.54, 1.807) is 0 Å². The van der Waals surface area contributed by atoms with Crippen molar-refractivity contribution >= 4 is 16.8 Å². The molecule has 0 spiro atoms. The van der Waals surface area contributed by atoms with Crippen molar-refractivity contribution in [1.29, 1.82) is 0 Å². The molecule has 0 radical (unpaired) electrons. The number of nitrogens with zero attached hydrogens (tertiary/aromatic N) is 2. The van der Waals surface area contributed by atoms with Crippen LogP contribution in [0.25, 0.3) is 10.9 Å². The molecule has 0 aliphatic carbocycles. The minimum Gasteiger partial charge on any atom is -0.364 e. The second kappa shape index (κ2) is 3.63. The normalized spacial score (nSPS) is 11.2. The lowest BCUT2D eigenvalue weighted by atomic mass is 10.1. The van der Waals surface area contributed by atoms with E-state index in [2.05, 4.69) is 5.10 Å². The maximum Gasteiger partial charge on any atom is 0.269 e. The highest BCUT2D eigenvalue weighted by Crippen LogP contribution is 2.22. The average Bonchev–Trinajstić information content (AvgIpc) is 2.56. The Morgan fingerprint density at radius 1 is 1.44 bits per heavy atom. The number of nitrogens with two attached hydrogens (primary N) is 1. The van der Waals surface area contributed by atoms with Crippen LogP contribution in [0.15, 0.2) is 18.2 Å². The second-order valence-electron chi connectivity index (χ2n) is 4.27. The molecule has 0 unspecified atom stereocenters. The van der Waals surface area contributed by atoms with Crippen LogP contribution in [-0.2, 0) is 0 Å². The van der Waals surface area contributed by atoms with Gasteiger partial charge < -0.3 is 5.73 Å². The van der Waals surface area contributed by atoms with Gasteiger partial charge in [0.1, 0.15) is 0 Å². The van der Waals surface area contributed by atoms with Crippen LogP contribution in [0.4, 0.5) is 0 Å². The number of carbonyl (C=O) groups excluding carboxylic acids is 1. The molecule has 0 atom stereocenters. The fraction of sp³-hybridized carbons (Fsp3) is 0.333. The van der Waals surface area contributed by atoms with Gasteiger partial charge in [0.15, 0.2) is 5.69 Å². The van der Waals surface area contributed by atoms with E-state index in [0.717, 1.165) is 16.5 Å². The summed E-state index contributed by atoms with van der Waals surface area (Å²) in [4.78, 5) is 11.3. The maximum atomic E-state index is 11.3. The number of hydrogen-bond acceptors (Lipinski definition) is 2. The van der Waals surface area contributed by atoms with Crippen LogP contribution in [0.1, 0.15) is 35.9 Å². The molecule has 1 aromatic heterocycles. The van der Waals surface area contributed by atoms with Crippen LogP contribution < -0.4 is 5.73 Å². The molecule has 4 nitrogen and oxygen atoms in total. The van der Waals surface area contributed by atoms with E-state index in [1.165, 1.54) is 0 Å². The lowest BCUT2D eigenvalue weighted by Gasteiger charge is -2.06. The van der Waals surface area contributed by atoms with Crippen LogP contribution in [0, 0.1) is 6.92 Å². The van der Waals surface area contributed by atoms with Crippen LogP contribution in [-0.4, -0.2) is 15.7 Å². The standard InChI is InChI=1S/C12H15N3O/c1-7(2)15-10-5-4-8(3)6-9(10)11(14-15)12(13)16/h4-7H,1-3H3,(H2,13,16). The van der Waals surface area contributed by atoms with E-state index >= 15 is 0 Å². The van der Waals surface area contributed by atoms with Gasteiger partial charge in [-0.05, 0) is 32.9 Å². The zero-order chi connectivity index (χ0) is 11.9. The van der Waals surface area contributed by atoms with Crippen LogP contribution in [0.3, 0.4) is 0 Å². The largest absolute Gasteiger partial charge is 0.364 e. The number of amides is 1. The Balaban J connectivity index is 2.81. The minimum absolute atomic E-state index is 0.207. The van der Waals surface area contributed by atoms with Gasteiger partial charge in [0.25, 0.3) is 5.91 Å². The van der Waals surface area contributed by atoms with Crippen LogP contribution in [0.5, 0.6) is 0 Å². The lowest BCUT2D eigenvalue weighted by Crippen LogP contribution is -2.13. The molecule has 16 heavy (non-hydrogen) atoms. The molecular weight excluding hydrogens is 202 g/mol. The molecule has 0 fully saturated rings. The number of primary amides is 1. The zero-order valence-electron chi connectivity index (χ0n) is 9.69. The van der Waals surface area contributed by atoms with Gasteiger partial charge in [0, 0.05) is 11.4 Å². The zero-order valence-corrected chi connectivity index (χ0v) is 9.69. The predicted molar refractivity (Wildman–Crippen MR) is 63.4 cm³/mol. The van der Waals surface area contributed by atoms with Gasteiger partial charge in [-0.25, -0.2) is 0 Å². The average molecular weight is 217 g/mol. The first-order valence-electron chi connectivity index (χ1n) is 5.29. The number of carbonyl (C=O) groups is 1. The highest BCUT2D eigenvalue weighted by molar-refractivity contribution is 6.04. The number of aromatic nitrogens is 2. The molecule has 2 aromatic rings. The Bertz CT molecular complexity index is 555. The molecule has 0 aliphatic heterocycles. The van der Waals surface area contributed by atoms with Crippen molar-refractivity contribution in [1.82, 2.24) is 9.78 Å². The summed E-state index contributed by atoms with van der Waals surface area (Å²) in [5.74, 6) is -0.477. The summed E-state index contributed by atoms with van der Waals surface area (Å²) in [6, 6.07) is 6.14. The van der Waals surface area contributed by atoms with Crippen molar-refractivity contribution in [3.05, 3.63) is 29.5 Å². The quantitative estimate of drug-likeness (QED) is 0.836. The Morgan fingerprint density at radius 2 is 2.12 bits per heavy atom. The van der Waals surface area contributed by atoms with Crippen molar-refractivity contribution in [2.75, 3.05) is 0 Å². The van der Waals surface area contributed by atoms with Gasteiger partial charge in [-0.2, -0.15) is 5.10 Å². The third-order valence-corrected chi connectivity index (χ3v) is 2.58. The van der Waals surface area contributed by atoms with Crippen LogP contribution in [0.2, 0.25) is 0 Å². The van der Waals surface area contributed by atoms with E-state index < -0.39 is 5.91 Å². The first-order chi connectivity index (χ1) is 7.50. The summed E-state index contributed by atoms with van der Waals surface area (Å²) < 4.78 is 1.83. The van der Waals surface area contributed by atoms with Gasteiger partial charge in [-0.3, -0.25) is 9.48 Å². The summed E-state index contributed by atoms with van der Waals surface area (Å²) in [5.41, 5.74) is 7.73. The third-order valence-electron chi connectivity index (χ3n) is 2.58. The molecule has 0 saturated heterocycles. The molecular formula is C12H15N3O. The molecule has 0 aliphatic rings. The molecule has 1 aromatic carbocycles. The topological polar surface area (TPSA) is 60.9 Å². The highest BCUT2D eigenvalue weighted by Gasteiger charge is 2.15. The fourth-order valence-electron chi connectivity index (χ4n) is 1.83. The Labute approximate surface area is 94.0 Å². The first-order valence-corrected chi connectivity index (χ1v) is 5.29. The number of benzene rings is 1.